The Morgan fingerprint density at radius 1 is 1.17 bits per heavy atom. The molecule has 2 aliphatic heterocycles. The number of hydrogen-bond donors (Lipinski definition) is 2. The van der Waals surface area contributed by atoms with Crippen LogP contribution in [0.5, 0.6) is 11.5 Å². The minimum Gasteiger partial charge on any atom is -0.490 e. The zero-order valence-electron chi connectivity index (χ0n) is 17.3. The van der Waals surface area contributed by atoms with E-state index >= 15 is 0 Å². The summed E-state index contributed by atoms with van der Waals surface area (Å²) in [4.78, 5) is 4.74. The van der Waals surface area contributed by atoms with Crippen molar-refractivity contribution in [2.75, 3.05) is 44.9 Å². The fourth-order valence-corrected chi connectivity index (χ4v) is 3.55. The topological polar surface area (TPSA) is 73.3 Å². The van der Waals surface area contributed by atoms with Crippen LogP contribution in [0.15, 0.2) is 23.2 Å². The predicted molar refractivity (Wildman–Crippen MR) is 113 cm³/mol. The highest BCUT2D eigenvalue weighted by atomic mass is 16.5. The highest BCUT2D eigenvalue weighted by Crippen LogP contribution is 2.33. The van der Waals surface area contributed by atoms with Crippen molar-refractivity contribution in [2.45, 2.75) is 51.2 Å². The fraction of sp³-hybridized carbons (Fsp3) is 0.682. The average molecular weight is 404 g/mol. The van der Waals surface area contributed by atoms with Crippen LogP contribution in [0.3, 0.4) is 0 Å². The van der Waals surface area contributed by atoms with Gasteiger partial charge < -0.3 is 29.6 Å². The number of aliphatic imine (C=N–C) groups is 1. The molecule has 1 aromatic carbocycles. The van der Waals surface area contributed by atoms with Gasteiger partial charge in [-0.05, 0) is 43.7 Å². The molecule has 4 rings (SSSR count). The zero-order chi connectivity index (χ0) is 19.9. The maximum Gasteiger partial charge on any atom is 0.196 e. The van der Waals surface area contributed by atoms with Crippen molar-refractivity contribution in [3.8, 4) is 11.5 Å². The third-order valence-corrected chi connectivity index (χ3v) is 5.49. The fourth-order valence-electron chi connectivity index (χ4n) is 3.55. The van der Waals surface area contributed by atoms with Crippen LogP contribution in [-0.2, 0) is 9.47 Å². The molecule has 2 heterocycles. The maximum absolute atomic E-state index is 5.80. The molecular weight excluding hydrogens is 370 g/mol. The van der Waals surface area contributed by atoms with E-state index in [1.165, 1.54) is 6.42 Å². The summed E-state index contributed by atoms with van der Waals surface area (Å²) in [6.07, 6.45) is 5.53. The van der Waals surface area contributed by atoms with Gasteiger partial charge in [0.1, 0.15) is 0 Å². The lowest BCUT2D eigenvalue weighted by Gasteiger charge is -2.15. The minimum atomic E-state index is 0.285. The largest absolute Gasteiger partial charge is 0.490 e. The standard InChI is InChI=1S/C22H33N3O4/c1-16-13-19(16)25-22(23-8-3-9-26-15-18-5-2-10-27-18)24-17-6-7-20-21(14-17)29-12-4-11-28-20/h6-7,14,16,18-19H,2-5,8-13,15H2,1H3,(H2,23,24,25). The SMILES string of the molecule is CC1CC1NC(=NCCCOCC1CCCO1)Nc1ccc2c(c1)OCCCO2. The number of hydrogen-bond acceptors (Lipinski definition) is 5. The normalized spacial score (nSPS) is 26.1. The van der Waals surface area contributed by atoms with Crippen LogP contribution in [0.1, 0.15) is 39.0 Å². The molecule has 2 fully saturated rings. The van der Waals surface area contributed by atoms with Crippen molar-refractivity contribution in [1.29, 1.82) is 0 Å². The lowest BCUT2D eigenvalue weighted by Crippen LogP contribution is -2.33. The molecule has 7 heteroatoms. The van der Waals surface area contributed by atoms with Crippen LogP contribution < -0.4 is 20.1 Å². The molecule has 1 aromatic rings. The van der Waals surface area contributed by atoms with Crippen LogP contribution in [0.25, 0.3) is 0 Å². The third kappa shape index (κ3) is 6.24. The van der Waals surface area contributed by atoms with Crippen LogP contribution in [0, 0.1) is 5.92 Å². The van der Waals surface area contributed by atoms with E-state index in [1.54, 1.807) is 0 Å². The molecule has 3 unspecified atom stereocenters. The molecule has 7 nitrogen and oxygen atoms in total. The molecule has 29 heavy (non-hydrogen) atoms. The first-order valence-corrected chi connectivity index (χ1v) is 10.9. The first-order valence-electron chi connectivity index (χ1n) is 10.9. The van der Waals surface area contributed by atoms with Crippen LogP contribution in [-0.4, -0.2) is 57.7 Å². The van der Waals surface area contributed by atoms with Gasteiger partial charge in [0, 0.05) is 44.0 Å². The highest BCUT2D eigenvalue weighted by molar-refractivity contribution is 5.94. The summed E-state index contributed by atoms with van der Waals surface area (Å²) in [6, 6.07) is 6.45. The van der Waals surface area contributed by atoms with Crippen molar-refractivity contribution in [2.24, 2.45) is 10.9 Å². The summed E-state index contributed by atoms with van der Waals surface area (Å²) in [6.45, 7) is 6.63. The summed E-state index contributed by atoms with van der Waals surface area (Å²) in [5, 5.41) is 6.94. The molecule has 3 aliphatic rings. The van der Waals surface area contributed by atoms with Gasteiger partial charge in [0.05, 0.1) is 25.9 Å². The first-order chi connectivity index (χ1) is 14.3. The van der Waals surface area contributed by atoms with E-state index in [-0.39, 0.29) is 6.10 Å². The molecule has 2 N–H and O–H groups in total. The van der Waals surface area contributed by atoms with Crippen molar-refractivity contribution < 1.29 is 18.9 Å². The quantitative estimate of drug-likeness (QED) is 0.395. The molecule has 0 spiro atoms. The Morgan fingerprint density at radius 2 is 2.03 bits per heavy atom. The molecular formula is C22H33N3O4. The van der Waals surface area contributed by atoms with Crippen molar-refractivity contribution in [3.63, 3.8) is 0 Å². The number of guanidine groups is 1. The monoisotopic (exact) mass is 403 g/mol. The molecule has 0 amide bonds. The average Bonchev–Trinajstić information content (AvgIpc) is 3.25. The maximum atomic E-state index is 5.80. The summed E-state index contributed by atoms with van der Waals surface area (Å²) >= 11 is 0. The molecule has 1 aliphatic carbocycles. The molecule has 0 bridgehead atoms. The smallest absolute Gasteiger partial charge is 0.196 e. The Kier molecular flexibility index (Phi) is 7.11. The van der Waals surface area contributed by atoms with E-state index in [2.05, 4.69) is 17.6 Å². The summed E-state index contributed by atoms with van der Waals surface area (Å²) in [5.74, 6) is 3.10. The number of benzene rings is 1. The summed E-state index contributed by atoms with van der Waals surface area (Å²) in [7, 11) is 0. The van der Waals surface area contributed by atoms with Gasteiger partial charge in [0.2, 0.25) is 0 Å². The second kappa shape index (κ2) is 10.2. The third-order valence-electron chi connectivity index (χ3n) is 5.49. The lowest BCUT2D eigenvalue weighted by atomic mass is 10.2. The van der Waals surface area contributed by atoms with Gasteiger partial charge in [-0.15, -0.1) is 0 Å². The van der Waals surface area contributed by atoms with Crippen LogP contribution >= 0.6 is 0 Å². The van der Waals surface area contributed by atoms with Gasteiger partial charge in [0.15, 0.2) is 17.5 Å². The molecule has 0 radical (unpaired) electrons. The molecule has 0 aromatic heterocycles. The van der Waals surface area contributed by atoms with E-state index in [0.29, 0.717) is 44.9 Å². The Hall–Kier alpha value is -1.99. The Morgan fingerprint density at radius 3 is 2.83 bits per heavy atom. The number of ether oxygens (including phenoxy) is 4. The van der Waals surface area contributed by atoms with Gasteiger partial charge in [0.25, 0.3) is 0 Å². The molecule has 3 atom stereocenters. The lowest BCUT2D eigenvalue weighted by molar-refractivity contribution is 0.0171. The van der Waals surface area contributed by atoms with E-state index in [0.717, 1.165) is 55.4 Å². The number of anilines is 1. The van der Waals surface area contributed by atoms with E-state index in [4.69, 9.17) is 23.9 Å². The van der Waals surface area contributed by atoms with E-state index in [9.17, 15) is 0 Å². The first kappa shape index (κ1) is 20.3. The number of nitrogens with zero attached hydrogens (tertiary/aromatic N) is 1. The van der Waals surface area contributed by atoms with Gasteiger partial charge in [-0.2, -0.15) is 0 Å². The zero-order valence-corrected chi connectivity index (χ0v) is 17.3. The van der Waals surface area contributed by atoms with Crippen molar-refractivity contribution >= 4 is 11.6 Å². The second-order valence-corrected chi connectivity index (χ2v) is 8.09. The molecule has 1 saturated carbocycles. The second-order valence-electron chi connectivity index (χ2n) is 8.09. The van der Waals surface area contributed by atoms with E-state index in [1.807, 2.05) is 18.2 Å². The summed E-state index contributed by atoms with van der Waals surface area (Å²) < 4.78 is 22.8. The Bertz CT molecular complexity index is 691. The van der Waals surface area contributed by atoms with Gasteiger partial charge in [-0.1, -0.05) is 6.92 Å². The Labute approximate surface area is 173 Å². The number of fused-ring (bicyclic) bond motifs is 1. The molecule has 160 valence electrons. The predicted octanol–water partition coefficient (Wildman–Crippen LogP) is 3.20. The van der Waals surface area contributed by atoms with Crippen LogP contribution in [0.2, 0.25) is 0 Å². The number of nitrogens with one attached hydrogen (secondary N) is 2. The van der Waals surface area contributed by atoms with Gasteiger partial charge in [-0.3, -0.25) is 4.99 Å². The van der Waals surface area contributed by atoms with Crippen LogP contribution in [0.4, 0.5) is 5.69 Å². The summed E-state index contributed by atoms with van der Waals surface area (Å²) in [5.41, 5.74) is 0.948. The van der Waals surface area contributed by atoms with Crippen molar-refractivity contribution in [3.05, 3.63) is 18.2 Å². The Balaban J connectivity index is 1.28. The van der Waals surface area contributed by atoms with Gasteiger partial charge >= 0.3 is 0 Å². The van der Waals surface area contributed by atoms with Crippen molar-refractivity contribution in [1.82, 2.24) is 5.32 Å². The highest BCUT2D eigenvalue weighted by Gasteiger charge is 2.33. The van der Waals surface area contributed by atoms with Gasteiger partial charge in [-0.25, -0.2) is 0 Å². The molecule has 1 saturated heterocycles. The van der Waals surface area contributed by atoms with E-state index < -0.39 is 0 Å². The minimum absolute atomic E-state index is 0.285. The number of rotatable bonds is 8.